The Balaban J connectivity index is 1.99. The molecule has 0 spiro atoms. The Hall–Kier alpha value is -3.15. The molecule has 0 unspecified atom stereocenters. The Morgan fingerprint density at radius 2 is 2.10 bits per heavy atom. The third-order valence-electron chi connectivity index (χ3n) is 3.42. The average molecular weight is 278 g/mol. The molecular weight excluding hydrogens is 268 g/mol. The molecule has 0 atom stereocenters. The number of nitrogens with zero attached hydrogens (tertiary/aromatic N) is 3. The number of pyridine rings is 1. The Morgan fingerprint density at radius 1 is 1.19 bits per heavy atom. The summed E-state index contributed by atoms with van der Waals surface area (Å²) in [6, 6.07) is 10.8. The van der Waals surface area contributed by atoms with E-state index >= 15 is 0 Å². The first-order valence-corrected chi connectivity index (χ1v) is 6.39. The Labute approximate surface area is 118 Å². The molecule has 2 N–H and O–H groups in total. The quantitative estimate of drug-likeness (QED) is 0.590. The summed E-state index contributed by atoms with van der Waals surface area (Å²) in [7, 11) is 0. The minimum Gasteiger partial charge on any atom is -0.478 e. The molecule has 4 aromatic rings. The number of carbonyl (C=O) groups is 1. The molecule has 3 heterocycles. The van der Waals surface area contributed by atoms with Gasteiger partial charge in [0.1, 0.15) is 11.3 Å². The molecule has 21 heavy (non-hydrogen) atoms. The van der Waals surface area contributed by atoms with Crippen LogP contribution in [0.4, 0.5) is 0 Å². The monoisotopic (exact) mass is 278 g/mol. The summed E-state index contributed by atoms with van der Waals surface area (Å²) in [4.78, 5) is 18.8. The number of imidazole rings is 1. The first kappa shape index (κ1) is 11.7. The number of hydrogen-bond donors (Lipinski definition) is 2. The number of rotatable bonds is 2. The van der Waals surface area contributed by atoms with Crippen LogP contribution in [0, 0.1) is 0 Å². The van der Waals surface area contributed by atoms with Crippen LogP contribution in [0.5, 0.6) is 0 Å². The molecule has 0 saturated heterocycles. The maximum absolute atomic E-state index is 11.3. The molecule has 0 saturated carbocycles. The van der Waals surface area contributed by atoms with Gasteiger partial charge in [0.05, 0.1) is 28.4 Å². The van der Waals surface area contributed by atoms with E-state index in [0.717, 1.165) is 11.1 Å². The summed E-state index contributed by atoms with van der Waals surface area (Å²) in [5.74, 6) is -0.376. The number of carboxylic acid groups (broad SMARTS) is 1. The molecule has 3 aromatic heterocycles. The molecule has 0 bridgehead atoms. The summed E-state index contributed by atoms with van der Waals surface area (Å²) >= 11 is 0. The van der Waals surface area contributed by atoms with E-state index in [4.69, 9.17) is 0 Å². The van der Waals surface area contributed by atoms with Crippen molar-refractivity contribution >= 4 is 22.5 Å². The summed E-state index contributed by atoms with van der Waals surface area (Å²) in [5, 5.41) is 13.5. The first-order valence-electron chi connectivity index (χ1n) is 6.39. The lowest BCUT2D eigenvalue weighted by atomic mass is 10.2. The number of aromatic amines is 1. The molecule has 4 rings (SSSR count). The fraction of sp³-hybridized carbons (Fsp3) is 0. The largest absolute Gasteiger partial charge is 0.478 e. The summed E-state index contributed by atoms with van der Waals surface area (Å²) in [6.45, 7) is 0. The van der Waals surface area contributed by atoms with Gasteiger partial charge in [0.15, 0.2) is 0 Å². The molecular formula is C15H10N4O2. The highest BCUT2D eigenvalue weighted by molar-refractivity contribution is 6.01. The lowest BCUT2D eigenvalue weighted by Crippen LogP contribution is -1.96. The van der Waals surface area contributed by atoms with Crippen molar-refractivity contribution in [1.29, 1.82) is 0 Å². The molecule has 0 aliphatic carbocycles. The number of aromatic carboxylic acids is 1. The van der Waals surface area contributed by atoms with Gasteiger partial charge in [-0.05, 0) is 24.3 Å². The van der Waals surface area contributed by atoms with Crippen LogP contribution in [0.2, 0.25) is 0 Å². The van der Waals surface area contributed by atoms with Crippen molar-refractivity contribution < 1.29 is 9.90 Å². The van der Waals surface area contributed by atoms with Crippen molar-refractivity contribution in [3.63, 3.8) is 0 Å². The minimum absolute atomic E-state index is 0.187. The van der Waals surface area contributed by atoms with Gasteiger partial charge in [-0.2, -0.15) is 5.10 Å². The van der Waals surface area contributed by atoms with Gasteiger partial charge >= 0.3 is 5.97 Å². The van der Waals surface area contributed by atoms with Crippen molar-refractivity contribution in [2.45, 2.75) is 0 Å². The highest BCUT2D eigenvalue weighted by Gasteiger charge is 2.15. The zero-order valence-corrected chi connectivity index (χ0v) is 10.8. The first-order chi connectivity index (χ1) is 10.2. The number of hydrogen-bond acceptors (Lipinski definition) is 3. The highest BCUT2D eigenvalue weighted by Crippen LogP contribution is 2.25. The van der Waals surface area contributed by atoms with Crippen LogP contribution in [-0.4, -0.2) is 30.7 Å². The fourth-order valence-electron chi connectivity index (χ4n) is 2.45. The van der Waals surface area contributed by atoms with E-state index in [1.807, 2.05) is 30.5 Å². The lowest BCUT2D eigenvalue weighted by Gasteiger charge is -1.94. The number of benzene rings is 1. The van der Waals surface area contributed by atoms with Gasteiger partial charge < -0.3 is 10.1 Å². The summed E-state index contributed by atoms with van der Waals surface area (Å²) < 4.78 is 1.75. The second kappa shape index (κ2) is 4.17. The molecule has 0 amide bonds. The maximum atomic E-state index is 11.3. The van der Waals surface area contributed by atoms with Crippen LogP contribution in [0.3, 0.4) is 0 Å². The summed E-state index contributed by atoms with van der Waals surface area (Å²) in [6.07, 6.45) is 3.57. The number of para-hydroxylation sites is 1. The topological polar surface area (TPSA) is 83.3 Å². The highest BCUT2D eigenvalue weighted by atomic mass is 16.4. The van der Waals surface area contributed by atoms with Gasteiger partial charge in [-0.15, -0.1) is 0 Å². The number of carboxylic acids is 1. The normalized spacial score (nSPS) is 11.2. The van der Waals surface area contributed by atoms with E-state index in [2.05, 4.69) is 15.1 Å². The van der Waals surface area contributed by atoms with Gasteiger partial charge in [0, 0.05) is 6.20 Å². The second-order valence-corrected chi connectivity index (χ2v) is 4.68. The van der Waals surface area contributed by atoms with E-state index in [0.29, 0.717) is 16.9 Å². The fourth-order valence-corrected chi connectivity index (χ4v) is 2.45. The van der Waals surface area contributed by atoms with Crippen LogP contribution in [0.1, 0.15) is 10.4 Å². The van der Waals surface area contributed by atoms with E-state index in [1.165, 1.54) is 0 Å². The lowest BCUT2D eigenvalue weighted by molar-refractivity contribution is 0.0699. The van der Waals surface area contributed by atoms with E-state index in [-0.39, 0.29) is 5.56 Å². The van der Waals surface area contributed by atoms with E-state index in [1.54, 1.807) is 22.8 Å². The standard InChI is InChI=1S/C15H10N4O2/c20-15(21)9-4-3-5-11-13(9)18-14(17-11)10-8-16-19-7-2-1-6-12(10)19/h1-8H,(H,17,18)(H,20,21). The van der Waals surface area contributed by atoms with E-state index < -0.39 is 5.97 Å². The minimum atomic E-state index is -0.987. The van der Waals surface area contributed by atoms with Crippen molar-refractivity contribution in [3.8, 4) is 11.4 Å². The van der Waals surface area contributed by atoms with Crippen molar-refractivity contribution in [1.82, 2.24) is 19.6 Å². The average Bonchev–Trinajstić information content (AvgIpc) is 3.09. The van der Waals surface area contributed by atoms with Gasteiger partial charge in [-0.3, -0.25) is 0 Å². The van der Waals surface area contributed by atoms with Crippen molar-refractivity contribution in [3.05, 3.63) is 54.4 Å². The number of H-pyrrole nitrogens is 1. The molecule has 0 fully saturated rings. The summed E-state index contributed by atoms with van der Waals surface area (Å²) in [5.41, 5.74) is 3.08. The van der Waals surface area contributed by atoms with Gasteiger partial charge in [0.2, 0.25) is 0 Å². The van der Waals surface area contributed by atoms with Crippen LogP contribution in [-0.2, 0) is 0 Å². The van der Waals surface area contributed by atoms with Gasteiger partial charge in [0.25, 0.3) is 0 Å². The third kappa shape index (κ3) is 1.69. The SMILES string of the molecule is O=C(O)c1cccc2[nH]c(-c3cnn4ccccc34)nc12. The van der Waals surface area contributed by atoms with Crippen LogP contribution < -0.4 is 0 Å². The van der Waals surface area contributed by atoms with E-state index in [9.17, 15) is 9.90 Å². The van der Waals surface area contributed by atoms with Crippen LogP contribution in [0.25, 0.3) is 27.9 Å². The van der Waals surface area contributed by atoms with Crippen molar-refractivity contribution in [2.24, 2.45) is 0 Å². The van der Waals surface area contributed by atoms with Crippen LogP contribution >= 0.6 is 0 Å². The zero-order chi connectivity index (χ0) is 14.4. The Morgan fingerprint density at radius 3 is 2.95 bits per heavy atom. The predicted molar refractivity (Wildman–Crippen MR) is 77.2 cm³/mol. The Kier molecular flexibility index (Phi) is 2.32. The Bertz CT molecular complexity index is 984. The molecule has 6 heteroatoms. The van der Waals surface area contributed by atoms with Gasteiger partial charge in [-0.25, -0.2) is 14.3 Å². The van der Waals surface area contributed by atoms with Crippen LogP contribution in [0.15, 0.2) is 48.8 Å². The third-order valence-corrected chi connectivity index (χ3v) is 3.42. The van der Waals surface area contributed by atoms with Gasteiger partial charge in [-0.1, -0.05) is 12.1 Å². The predicted octanol–water partition coefficient (Wildman–Crippen LogP) is 2.58. The zero-order valence-electron chi connectivity index (χ0n) is 10.8. The number of nitrogens with one attached hydrogen (secondary N) is 1. The number of fused-ring (bicyclic) bond motifs is 2. The molecule has 0 radical (unpaired) electrons. The van der Waals surface area contributed by atoms with Crippen molar-refractivity contribution in [2.75, 3.05) is 0 Å². The smallest absolute Gasteiger partial charge is 0.337 e. The maximum Gasteiger partial charge on any atom is 0.337 e. The second-order valence-electron chi connectivity index (χ2n) is 4.68. The molecule has 0 aliphatic rings. The molecule has 0 aliphatic heterocycles. The molecule has 6 nitrogen and oxygen atoms in total. The molecule has 1 aromatic carbocycles. The molecule has 102 valence electrons. The number of aromatic nitrogens is 4.